The average molecular weight is 390 g/mol. The molecule has 0 unspecified atom stereocenters. The Morgan fingerprint density at radius 2 is 1.78 bits per heavy atom. The Hall–Kier alpha value is -1.92. The molecule has 2 aromatic rings. The molecule has 3 heterocycles. The number of carbonyl (C=O) groups is 1. The second-order valence-electron chi connectivity index (χ2n) is 7.49. The molecule has 2 saturated heterocycles. The van der Waals surface area contributed by atoms with Crippen molar-refractivity contribution in [2.45, 2.75) is 38.1 Å². The summed E-state index contributed by atoms with van der Waals surface area (Å²) in [7, 11) is 0. The van der Waals surface area contributed by atoms with Crippen LogP contribution in [0.15, 0.2) is 36.5 Å². The predicted octanol–water partition coefficient (Wildman–Crippen LogP) is 2.72. The number of aromatic nitrogens is 3. The molecule has 0 saturated carbocycles. The van der Waals surface area contributed by atoms with E-state index in [0.29, 0.717) is 17.7 Å². The first kappa shape index (κ1) is 19.8. The van der Waals surface area contributed by atoms with E-state index < -0.39 is 0 Å². The standard InChI is InChI=1S/C20H27N5O.ClH/c26-20(19-15-25(23-22-19)18-6-10-21-11-7-18)24-12-8-17(9-13-24)14-16-4-2-1-3-5-16;/h1-5,15,17-18,21H,6-14H2;1H. The van der Waals surface area contributed by atoms with Crippen LogP contribution in [0.4, 0.5) is 0 Å². The monoisotopic (exact) mass is 389 g/mol. The zero-order chi connectivity index (χ0) is 17.8. The molecule has 146 valence electrons. The Balaban J connectivity index is 0.00000210. The first-order chi connectivity index (χ1) is 12.8. The number of nitrogens with one attached hydrogen (secondary N) is 1. The summed E-state index contributed by atoms with van der Waals surface area (Å²) >= 11 is 0. The lowest BCUT2D eigenvalue weighted by Gasteiger charge is -2.31. The molecule has 2 fully saturated rings. The van der Waals surface area contributed by atoms with Crippen molar-refractivity contribution in [3.63, 3.8) is 0 Å². The quantitative estimate of drug-likeness (QED) is 0.873. The molecule has 1 aromatic heterocycles. The highest BCUT2D eigenvalue weighted by atomic mass is 35.5. The van der Waals surface area contributed by atoms with Gasteiger partial charge < -0.3 is 10.2 Å². The maximum absolute atomic E-state index is 12.8. The molecule has 7 heteroatoms. The summed E-state index contributed by atoms with van der Waals surface area (Å²) in [5.41, 5.74) is 1.88. The van der Waals surface area contributed by atoms with Crippen molar-refractivity contribution >= 4 is 18.3 Å². The fraction of sp³-hybridized carbons (Fsp3) is 0.550. The summed E-state index contributed by atoms with van der Waals surface area (Å²) in [6.07, 6.45) is 7.15. The lowest BCUT2D eigenvalue weighted by Crippen LogP contribution is -2.39. The predicted molar refractivity (Wildman–Crippen MR) is 107 cm³/mol. The molecule has 0 aliphatic carbocycles. The van der Waals surface area contributed by atoms with E-state index >= 15 is 0 Å². The molecule has 0 atom stereocenters. The highest BCUT2D eigenvalue weighted by Gasteiger charge is 2.26. The Morgan fingerprint density at radius 1 is 1.07 bits per heavy atom. The van der Waals surface area contributed by atoms with E-state index in [4.69, 9.17) is 0 Å². The third kappa shape index (κ3) is 4.87. The molecule has 1 N–H and O–H groups in total. The van der Waals surface area contributed by atoms with Crippen molar-refractivity contribution in [1.29, 1.82) is 0 Å². The highest BCUT2D eigenvalue weighted by Crippen LogP contribution is 2.23. The summed E-state index contributed by atoms with van der Waals surface area (Å²) in [4.78, 5) is 14.7. The molecule has 1 aromatic carbocycles. The van der Waals surface area contributed by atoms with Gasteiger partial charge in [0.05, 0.1) is 12.2 Å². The molecule has 27 heavy (non-hydrogen) atoms. The van der Waals surface area contributed by atoms with Crippen molar-refractivity contribution < 1.29 is 4.79 Å². The fourth-order valence-electron chi connectivity index (χ4n) is 4.07. The molecular weight excluding hydrogens is 362 g/mol. The number of hydrogen-bond donors (Lipinski definition) is 1. The third-order valence-corrected chi connectivity index (χ3v) is 5.68. The highest BCUT2D eigenvalue weighted by molar-refractivity contribution is 5.92. The van der Waals surface area contributed by atoms with Gasteiger partial charge in [-0.25, -0.2) is 4.68 Å². The zero-order valence-electron chi connectivity index (χ0n) is 15.6. The lowest BCUT2D eigenvalue weighted by atomic mass is 9.90. The first-order valence-electron chi connectivity index (χ1n) is 9.75. The summed E-state index contributed by atoms with van der Waals surface area (Å²) in [5, 5.41) is 11.7. The van der Waals surface area contributed by atoms with Gasteiger partial charge >= 0.3 is 0 Å². The topological polar surface area (TPSA) is 63.1 Å². The van der Waals surface area contributed by atoms with Gasteiger partial charge in [-0.05, 0) is 56.7 Å². The number of benzene rings is 1. The van der Waals surface area contributed by atoms with Crippen LogP contribution in [0.2, 0.25) is 0 Å². The minimum atomic E-state index is 0. The van der Waals surface area contributed by atoms with Crippen LogP contribution in [-0.2, 0) is 6.42 Å². The first-order valence-corrected chi connectivity index (χ1v) is 9.75. The van der Waals surface area contributed by atoms with Gasteiger partial charge in [0.2, 0.25) is 0 Å². The molecule has 0 bridgehead atoms. The Labute approximate surface area is 166 Å². The van der Waals surface area contributed by atoms with E-state index in [1.165, 1.54) is 5.56 Å². The number of halogens is 1. The van der Waals surface area contributed by atoms with Crippen LogP contribution < -0.4 is 5.32 Å². The van der Waals surface area contributed by atoms with Gasteiger partial charge in [-0.1, -0.05) is 35.5 Å². The summed E-state index contributed by atoms with van der Waals surface area (Å²) in [5.74, 6) is 0.690. The minimum Gasteiger partial charge on any atom is -0.337 e. The number of piperidine rings is 2. The maximum atomic E-state index is 12.8. The molecule has 1 amide bonds. The molecular formula is C20H28ClN5O. The number of nitrogens with zero attached hydrogens (tertiary/aromatic N) is 4. The van der Waals surface area contributed by atoms with Gasteiger partial charge in [-0.15, -0.1) is 17.5 Å². The van der Waals surface area contributed by atoms with Gasteiger partial charge in [0, 0.05) is 13.1 Å². The van der Waals surface area contributed by atoms with Crippen LogP contribution in [-0.4, -0.2) is 52.0 Å². The van der Waals surface area contributed by atoms with E-state index in [-0.39, 0.29) is 18.3 Å². The van der Waals surface area contributed by atoms with E-state index in [9.17, 15) is 4.79 Å². The van der Waals surface area contributed by atoms with E-state index in [0.717, 1.165) is 58.3 Å². The van der Waals surface area contributed by atoms with E-state index in [1.54, 1.807) is 0 Å². The van der Waals surface area contributed by atoms with Crippen molar-refractivity contribution in [2.24, 2.45) is 5.92 Å². The normalized spacial score (nSPS) is 18.9. The van der Waals surface area contributed by atoms with Gasteiger partial charge in [0.25, 0.3) is 5.91 Å². The number of carbonyl (C=O) groups excluding carboxylic acids is 1. The fourth-order valence-corrected chi connectivity index (χ4v) is 4.07. The third-order valence-electron chi connectivity index (χ3n) is 5.68. The van der Waals surface area contributed by atoms with Crippen LogP contribution in [0.1, 0.15) is 47.8 Å². The average Bonchev–Trinajstić information content (AvgIpc) is 3.20. The van der Waals surface area contributed by atoms with Gasteiger partial charge in [-0.2, -0.15) is 0 Å². The Kier molecular flexibility index (Phi) is 6.85. The zero-order valence-corrected chi connectivity index (χ0v) is 16.4. The number of rotatable bonds is 4. The number of hydrogen-bond acceptors (Lipinski definition) is 4. The lowest BCUT2D eigenvalue weighted by molar-refractivity contribution is 0.0684. The largest absolute Gasteiger partial charge is 0.337 e. The summed E-state index contributed by atoms with van der Waals surface area (Å²) in [6.45, 7) is 3.64. The van der Waals surface area contributed by atoms with Crippen LogP contribution in [0, 0.1) is 5.92 Å². The van der Waals surface area contributed by atoms with Crippen molar-refractivity contribution in [3.05, 3.63) is 47.8 Å². The number of amides is 1. The Morgan fingerprint density at radius 3 is 2.48 bits per heavy atom. The van der Waals surface area contributed by atoms with Crippen LogP contribution in [0.25, 0.3) is 0 Å². The summed E-state index contributed by atoms with van der Waals surface area (Å²) in [6, 6.07) is 11.0. The van der Waals surface area contributed by atoms with Gasteiger partial charge in [0.1, 0.15) is 0 Å². The molecule has 0 spiro atoms. The second kappa shape index (κ2) is 9.33. The van der Waals surface area contributed by atoms with Crippen LogP contribution in [0.5, 0.6) is 0 Å². The Bertz CT molecular complexity index is 721. The van der Waals surface area contributed by atoms with E-state index in [1.807, 2.05) is 15.8 Å². The molecule has 0 radical (unpaired) electrons. The minimum absolute atomic E-state index is 0. The SMILES string of the molecule is Cl.O=C(c1cn(C2CCNCC2)nn1)N1CCC(Cc2ccccc2)CC1. The van der Waals surface area contributed by atoms with Gasteiger partial charge in [0.15, 0.2) is 5.69 Å². The number of likely N-dealkylation sites (tertiary alicyclic amines) is 1. The smallest absolute Gasteiger partial charge is 0.276 e. The maximum Gasteiger partial charge on any atom is 0.276 e. The van der Waals surface area contributed by atoms with Crippen molar-refractivity contribution in [3.8, 4) is 0 Å². The van der Waals surface area contributed by atoms with Crippen molar-refractivity contribution in [1.82, 2.24) is 25.2 Å². The van der Waals surface area contributed by atoms with E-state index in [2.05, 4.69) is 46.0 Å². The van der Waals surface area contributed by atoms with Gasteiger partial charge in [-0.3, -0.25) is 4.79 Å². The second-order valence-corrected chi connectivity index (χ2v) is 7.49. The molecule has 2 aliphatic rings. The molecule has 4 rings (SSSR count). The van der Waals surface area contributed by atoms with Crippen LogP contribution >= 0.6 is 12.4 Å². The van der Waals surface area contributed by atoms with Crippen LogP contribution in [0.3, 0.4) is 0 Å². The molecule has 6 nitrogen and oxygen atoms in total. The van der Waals surface area contributed by atoms with Crippen molar-refractivity contribution in [2.75, 3.05) is 26.2 Å². The molecule has 2 aliphatic heterocycles. The summed E-state index contributed by atoms with van der Waals surface area (Å²) < 4.78 is 1.89.